The van der Waals surface area contributed by atoms with Crippen molar-refractivity contribution in [2.24, 2.45) is 5.10 Å². The van der Waals surface area contributed by atoms with Crippen molar-refractivity contribution in [1.29, 1.82) is 0 Å². The van der Waals surface area contributed by atoms with Gasteiger partial charge in [-0.1, -0.05) is 15.9 Å². The van der Waals surface area contributed by atoms with Crippen LogP contribution in [0.3, 0.4) is 0 Å². The first kappa shape index (κ1) is 22.2. The number of carbonyl (C=O) groups excluding carboxylic acids is 2. The molecule has 9 nitrogen and oxygen atoms in total. The van der Waals surface area contributed by atoms with Crippen molar-refractivity contribution in [3.05, 3.63) is 96.7 Å². The predicted molar refractivity (Wildman–Crippen MR) is 119 cm³/mol. The molecule has 1 aromatic heterocycles. The van der Waals surface area contributed by atoms with Crippen molar-refractivity contribution in [1.82, 2.24) is 10.4 Å². The number of nitrogens with one attached hydrogen (secondary N) is 1. The number of non-ortho nitro benzene ring substituents is 1. The average Bonchev–Trinajstić information content (AvgIpc) is 2.75. The highest BCUT2D eigenvalue weighted by Gasteiger charge is 2.14. The molecule has 1 N–H and O–H groups in total. The van der Waals surface area contributed by atoms with E-state index in [0.29, 0.717) is 20.1 Å². The van der Waals surface area contributed by atoms with Crippen LogP contribution in [0.4, 0.5) is 5.69 Å². The summed E-state index contributed by atoms with van der Waals surface area (Å²) in [5.41, 5.74) is 3.11. The zero-order valence-corrected chi connectivity index (χ0v) is 18.7. The van der Waals surface area contributed by atoms with E-state index in [1.807, 2.05) is 0 Å². The minimum absolute atomic E-state index is 0.135. The number of hydrogen-bond acceptors (Lipinski definition) is 7. The van der Waals surface area contributed by atoms with E-state index in [1.54, 1.807) is 30.5 Å². The van der Waals surface area contributed by atoms with E-state index in [4.69, 9.17) is 4.74 Å². The molecule has 0 aliphatic heterocycles. The molecule has 0 fully saturated rings. The summed E-state index contributed by atoms with van der Waals surface area (Å²) < 4.78 is 6.75. The minimum Gasteiger partial charge on any atom is -0.422 e. The third kappa shape index (κ3) is 6.03. The second kappa shape index (κ2) is 10.0. The molecule has 3 rings (SSSR count). The van der Waals surface area contributed by atoms with Gasteiger partial charge in [0.15, 0.2) is 0 Å². The average molecular weight is 548 g/mol. The summed E-state index contributed by atoms with van der Waals surface area (Å²) in [5.74, 6) is -0.978. The molecule has 11 heteroatoms. The first-order valence-corrected chi connectivity index (χ1v) is 10.1. The number of pyridine rings is 1. The number of amides is 1. The maximum Gasteiger partial charge on any atom is 0.343 e. The molecule has 1 amide bonds. The molecule has 0 aliphatic rings. The number of halogens is 2. The van der Waals surface area contributed by atoms with Crippen molar-refractivity contribution >= 4 is 55.6 Å². The fourth-order valence-electron chi connectivity index (χ4n) is 2.35. The number of benzene rings is 2. The molecule has 3 aromatic rings. The highest BCUT2D eigenvalue weighted by atomic mass is 79.9. The van der Waals surface area contributed by atoms with Gasteiger partial charge in [-0.25, -0.2) is 10.2 Å². The van der Waals surface area contributed by atoms with Crippen LogP contribution in [0.1, 0.15) is 26.3 Å². The molecule has 0 saturated heterocycles. The molecule has 0 atom stereocenters. The smallest absolute Gasteiger partial charge is 0.343 e. The van der Waals surface area contributed by atoms with E-state index in [2.05, 4.69) is 47.4 Å². The summed E-state index contributed by atoms with van der Waals surface area (Å²) in [7, 11) is 0. The Kier molecular flexibility index (Phi) is 7.21. The highest BCUT2D eigenvalue weighted by Crippen LogP contribution is 2.23. The second-order valence-electron chi connectivity index (χ2n) is 5.97. The topological polar surface area (TPSA) is 124 Å². The minimum atomic E-state index is -0.698. The molecule has 0 bridgehead atoms. The van der Waals surface area contributed by atoms with Crippen LogP contribution >= 0.6 is 31.9 Å². The van der Waals surface area contributed by atoms with Gasteiger partial charge in [-0.2, -0.15) is 5.10 Å². The summed E-state index contributed by atoms with van der Waals surface area (Å²) in [5, 5.41) is 14.6. The molecule has 0 aliphatic carbocycles. The van der Waals surface area contributed by atoms with Crippen molar-refractivity contribution < 1.29 is 19.2 Å². The molecule has 31 heavy (non-hydrogen) atoms. The van der Waals surface area contributed by atoms with E-state index in [9.17, 15) is 19.7 Å². The van der Waals surface area contributed by atoms with Crippen LogP contribution in [0.5, 0.6) is 5.75 Å². The number of carbonyl (C=O) groups is 2. The summed E-state index contributed by atoms with van der Waals surface area (Å²) in [6.07, 6.45) is 4.27. The zero-order chi connectivity index (χ0) is 22.4. The summed E-state index contributed by atoms with van der Waals surface area (Å²) in [4.78, 5) is 38.6. The van der Waals surface area contributed by atoms with Gasteiger partial charge in [-0.3, -0.25) is 19.9 Å². The number of nitro groups is 1. The van der Waals surface area contributed by atoms with Crippen LogP contribution in [-0.2, 0) is 0 Å². The number of hydrazone groups is 1. The largest absolute Gasteiger partial charge is 0.422 e. The van der Waals surface area contributed by atoms with Crippen LogP contribution in [0.2, 0.25) is 0 Å². The van der Waals surface area contributed by atoms with Crippen molar-refractivity contribution in [2.45, 2.75) is 0 Å². The Morgan fingerprint density at radius 1 is 1.03 bits per heavy atom. The predicted octanol–water partition coefficient (Wildman–Crippen LogP) is 4.50. The molecule has 1 heterocycles. The van der Waals surface area contributed by atoms with E-state index in [1.165, 1.54) is 36.7 Å². The van der Waals surface area contributed by atoms with E-state index < -0.39 is 16.8 Å². The van der Waals surface area contributed by atoms with Gasteiger partial charge in [0.1, 0.15) is 5.75 Å². The Hall–Kier alpha value is -3.44. The van der Waals surface area contributed by atoms with Crippen molar-refractivity contribution in [3.8, 4) is 5.75 Å². The van der Waals surface area contributed by atoms with Crippen LogP contribution in [0, 0.1) is 10.1 Å². The maximum atomic E-state index is 12.4. The molecule has 156 valence electrons. The number of hydrogen-bond donors (Lipinski definition) is 1. The first-order valence-electron chi connectivity index (χ1n) is 8.53. The molecule has 0 saturated carbocycles. The van der Waals surface area contributed by atoms with Crippen LogP contribution in [0.15, 0.2) is 75.0 Å². The fourth-order valence-corrected chi connectivity index (χ4v) is 3.10. The molecule has 0 spiro atoms. The van der Waals surface area contributed by atoms with Crippen molar-refractivity contribution in [2.75, 3.05) is 0 Å². The molecule has 2 aromatic carbocycles. The van der Waals surface area contributed by atoms with Gasteiger partial charge >= 0.3 is 5.97 Å². The van der Waals surface area contributed by atoms with E-state index in [0.717, 1.165) is 0 Å². The summed E-state index contributed by atoms with van der Waals surface area (Å²) in [6, 6.07) is 11.5. The third-order valence-corrected chi connectivity index (χ3v) is 4.75. The lowest BCUT2D eigenvalue weighted by atomic mass is 10.2. The van der Waals surface area contributed by atoms with Gasteiger partial charge in [0, 0.05) is 39.0 Å². The van der Waals surface area contributed by atoms with Crippen LogP contribution < -0.4 is 10.2 Å². The Bertz CT molecular complexity index is 1180. The van der Waals surface area contributed by atoms with Gasteiger partial charge in [0.2, 0.25) is 0 Å². The highest BCUT2D eigenvalue weighted by molar-refractivity contribution is 9.10. The van der Waals surface area contributed by atoms with E-state index >= 15 is 0 Å². The Balaban J connectivity index is 1.74. The number of ether oxygens (including phenoxy) is 1. The van der Waals surface area contributed by atoms with E-state index in [-0.39, 0.29) is 17.0 Å². The van der Waals surface area contributed by atoms with Gasteiger partial charge in [-0.15, -0.1) is 0 Å². The van der Waals surface area contributed by atoms with Gasteiger partial charge < -0.3 is 4.74 Å². The van der Waals surface area contributed by atoms with Gasteiger partial charge in [0.25, 0.3) is 11.6 Å². The van der Waals surface area contributed by atoms with Crippen LogP contribution in [0.25, 0.3) is 0 Å². The molecular weight excluding hydrogens is 536 g/mol. The van der Waals surface area contributed by atoms with Crippen molar-refractivity contribution in [3.63, 3.8) is 0 Å². The number of nitrogens with zero attached hydrogens (tertiary/aromatic N) is 3. The number of rotatable bonds is 6. The normalized spacial score (nSPS) is 10.6. The molecule has 0 unspecified atom stereocenters. The lowest BCUT2D eigenvalue weighted by Gasteiger charge is -2.08. The number of esters is 1. The standard InChI is InChI=1S/C20H12Br2N4O5/c21-15-3-6-18(31-20(28)12-1-4-17(5-2-12)26(29)30)13(7-15)10-24-25-19(27)14-8-16(22)11-23-9-14/h1-11H,(H,25,27)/b24-10-. The molecular formula is C20H12Br2N4O5. The number of nitro benzene ring substituents is 1. The summed E-state index contributed by atoms with van der Waals surface area (Å²) in [6.45, 7) is 0. The van der Waals surface area contributed by atoms with Gasteiger partial charge in [0.05, 0.1) is 22.3 Å². The SMILES string of the molecule is O=C(N/N=C\c1cc(Br)ccc1OC(=O)c1ccc([N+](=O)[O-])cc1)c1cncc(Br)c1. The lowest BCUT2D eigenvalue weighted by molar-refractivity contribution is -0.384. The zero-order valence-electron chi connectivity index (χ0n) is 15.5. The van der Waals surface area contributed by atoms with Crippen LogP contribution in [-0.4, -0.2) is 28.0 Å². The Morgan fingerprint density at radius 2 is 1.77 bits per heavy atom. The van der Waals surface area contributed by atoms with Gasteiger partial charge in [-0.05, 0) is 52.3 Å². The lowest BCUT2D eigenvalue weighted by Crippen LogP contribution is -2.18. The fraction of sp³-hybridized carbons (Fsp3) is 0. The quantitative estimate of drug-likeness (QED) is 0.159. The monoisotopic (exact) mass is 546 g/mol. The Morgan fingerprint density at radius 3 is 2.45 bits per heavy atom. The summed E-state index contributed by atoms with van der Waals surface area (Å²) >= 11 is 6.57. The first-order chi connectivity index (χ1) is 14.8. The molecule has 0 radical (unpaired) electrons. The number of aromatic nitrogens is 1. The second-order valence-corrected chi connectivity index (χ2v) is 7.80. The maximum absolute atomic E-state index is 12.4. The third-order valence-electron chi connectivity index (χ3n) is 3.83. The Labute approximate surface area is 192 Å².